The van der Waals surface area contributed by atoms with Crippen LogP contribution in [0.3, 0.4) is 0 Å². The third kappa shape index (κ3) is 4.55. The van der Waals surface area contributed by atoms with Crippen molar-refractivity contribution in [1.29, 1.82) is 0 Å². The Hall–Kier alpha value is -2.52. The van der Waals surface area contributed by atoms with E-state index in [0.717, 1.165) is 5.56 Å². The Bertz CT molecular complexity index is 946. The van der Waals surface area contributed by atoms with Crippen molar-refractivity contribution in [3.05, 3.63) is 80.1 Å². The van der Waals surface area contributed by atoms with Crippen LogP contribution in [0.1, 0.15) is 21.7 Å². The summed E-state index contributed by atoms with van der Waals surface area (Å²) in [5.41, 5.74) is 1.26. The van der Waals surface area contributed by atoms with Gasteiger partial charge in [0.2, 0.25) is 5.16 Å². The summed E-state index contributed by atoms with van der Waals surface area (Å²) in [6, 6.07) is 14.0. The molecule has 0 spiro atoms. The number of Topliss-reactive ketones (excluding diaryl/α,β-unsaturated/α-hetero) is 1. The van der Waals surface area contributed by atoms with Gasteiger partial charge < -0.3 is 0 Å². The molecule has 3 rings (SSSR count). The second-order valence-corrected chi connectivity index (χ2v) is 7.16. The average Bonchev–Trinajstić information content (AvgIpc) is 3.08. The topological polar surface area (TPSA) is 102 Å². The summed E-state index contributed by atoms with van der Waals surface area (Å²) in [6.07, 6.45) is 0.624. The molecule has 9 heteroatoms. The lowest BCUT2D eigenvalue weighted by atomic mass is 10.1. The first kappa shape index (κ1) is 18.3. The molecule has 0 amide bonds. The second-order valence-electron chi connectivity index (χ2n) is 5.36. The van der Waals surface area contributed by atoms with Crippen LogP contribution in [0, 0.1) is 10.1 Å². The standard InChI is InChI=1S/C17H13BrN4O3S/c18-14-7-6-12(22(24)25)9-13(14)15(23)10-26-17-19-16(20-21-17)8-11-4-2-1-3-5-11/h1-7,9H,8,10H2,(H,19,20,21). The third-order valence-electron chi connectivity index (χ3n) is 3.52. The summed E-state index contributed by atoms with van der Waals surface area (Å²) >= 11 is 4.44. The van der Waals surface area contributed by atoms with Gasteiger partial charge in [0.05, 0.1) is 10.7 Å². The first-order chi connectivity index (χ1) is 12.5. The van der Waals surface area contributed by atoms with Gasteiger partial charge in [-0.2, -0.15) is 0 Å². The maximum atomic E-state index is 12.4. The number of carbonyl (C=O) groups excluding carboxylic acids is 1. The molecule has 0 radical (unpaired) electrons. The number of rotatable bonds is 7. The maximum Gasteiger partial charge on any atom is 0.270 e. The number of aromatic amines is 1. The number of aromatic nitrogens is 3. The van der Waals surface area contributed by atoms with Crippen LogP contribution in [0.5, 0.6) is 0 Å². The molecule has 3 aromatic rings. The predicted molar refractivity (Wildman–Crippen MR) is 101 cm³/mol. The van der Waals surface area contributed by atoms with Gasteiger partial charge in [0.25, 0.3) is 5.69 Å². The number of thioether (sulfide) groups is 1. The first-order valence-corrected chi connectivity index (χ1v) is 9.36. The number of ketones is 1. The number of H-pyrrole nitrogens is 1. The van der Waals surface area contributed by atoms with Gasteiger partial charge in [-0.1, -0.05) is 58.0 Å². The van der Waals surface area contributed by atoms with Gasteiger partial charge in [0, 0.05) is 28.6 Å². The van der Waals surface area contributed by atoms with Crippen molar-refractivity contribution >= 4 is 39.2 Å². The van der Waals surface area contributed by atoms with Crippen molar-refractivity contribution in [2.24, 2.45) is 0 Å². The van der Waals surface area contributed by atoms with Crippen molar-refractivity contribution < 1.29 is 9.72 Å². The number of hydrogen-bond donors (Lipinski definition) is 1. The molecular formula is C17H13BrN4O3S. The van der Waals surface area contributed by atoms with E-state index in [-0.39, 0.29) is 22.8 Å². The molecule has 0 saturated carbocycles. The summed E-state index contributed by atoms with van der Waals surface area (Å²) in [7, 11) is 0. The number of non-ortho nitro benzene ring substituents is 1. The summed E-state index contributed by atoms with van der Waals surface area (Å²) in [5.74, 6) is 0.560. The van der Waals surface area contributed by atoms with Crippen LogP contribution in [0.15, 0.2) is 58.2 Å². The van der Waals surface area contributed by atoms with Gasteiger partial charge >= 0.3 is 0 Å². The molecule has 2 aromatic carbocycles. The highest BCUT2D eigenvalue weighted by Crippen LogP contribution is 2.25. The molecule has 0 fully saturated rings. The number of halogens is 1. The first-order valence-electron chi connectivity index (χ1n) is 7.58. The molecule has 0 aliphatic rings. The van der Waals surface area contributed by atoms with Gasteiger partial charge in [-0.15, -0.1) is 5.10 Å². The van der Waals surface area contributed by atoms with Crippen molar-refractivity contribution in [3.8, 4) is 0 Å². The molecule has 1 aromatic heterocycles. The Morgan fingerprint density at radius 3 is 2.73 bits per heavy atom. The fourth-order valence-electron chi connectivity index (χ4n) is 2.26. The van der Waals surface area contributed by atoms with Crippen LogP contribution in [0.4, 0.5) is 5.69 Å². The highest BCUT2D eigenvalue weighted by Gasteiger charge is 2.16. The fourth-order valence-corrected chi connectivity index (χ4v) is 3.43. The maximum absolute atomic E-state index is 12.4. The van der Waals surface area contributed by atoms with Crippen molar-refractivity contribution in [2.75, 3.05) is 5.75 Å². The minimum absolute atomic E-state index is 0.0857. The predicted octanol–water partition coefficient (Wildman–Crippen LogP) is 4.04. The van der Waals surface area contributed by atoms with E-state index >= 15 is 0 Å². The van der Waals surface area contributed by atoms with Gasteiger partial charge in [-0.05, 0) is 11.6 Å². The number of benzene rings is 2. The molecule has 0 aliphatic carbocycles. The van der Waals surface area contributed by atoms with Crippen LogP contribution in [0.25, 0.3) is 0 Å². The van der Waals surface area contributed by atoms with Gasteiger partial charge in [-0.25, -0.2) is 4.98 Å². The van der Waals surface area contributed by atoms with Crippen molar-refractivity contribution in [2.45, 2.75) is 11.6 Å². The molecule has 0 unspecified atom stereocenters. The molecule has 0 aliphatic heterocycles. The van der Waals surface area contributed by atoms with E-state index in [0.29, 0.717) is 21.9 Å². The normalized spacial score (nSPS) is 10.7. The van der Waals surface area contributed by atoms with E-state index in [1.807, 2.05) is 30.3 Å². The molecule has 7 nitrogen and oxygen atoms in total. The van der Waals surface area contributed by atoms with E-state index in [9.17, 15) is 14.9 Å². The van der Waals surface area contributed by atoms with E-state index in [1.165, 1.54) is 30.0 Å². The molecule has 0 saturated heterocycles. The monoisotopic (exact) mass is 432 g/mol. The lowest BCUT2D eigenvalue weighted by Gasteiger charge is -2.02. The van der Waals surface area contributed by atoms with Crippen LogP contribution in [-0.4, -0.2) is 31.6 Å². The highest BCUT2D eigenvalue weighted by molar-refractivity contribution is 9.10. The fraction of sp³-hybridized carbons (Fsp3) is 0.118. The largest absolute Gasteiger partial charge is 0.293 e. The molecule has 26 heavy (non-hydrogen) atoms. The van der Waals surface area contributed by atoms with Crippen LogP contribution >= 0.6 is 27.7 Å². The average molecular weight is 433 g/mol. The zero-order chi connectivity index (χ0) is 18.5. The van der Waals surface area contributed by atoms with Crippen molar-refractivity contribution in [3.63, 3.8) is 0 Å². The summed E-state index contributed by atoms with van der Waals surface area (Å²) < 4.78 is 0.522. The summed E-state index contributed by atoms with van der Waals surface area (Å²) in [6.45, 7) is 0. The SMILES string of the molecule is O=C(CSc1n[nH]c(Cc2ccccc2)n1)c1cc([N+](=O)[O-])ccc1Br. The number of nitro benzene ring substituents is 1. The molecular weight excluding hydrogens is 420 g/mol. The number of nitro groups is 1. The second kappa shape index (κ2) is 8.24. The van der Waals surface area contributed by atoms with E-state index in [1.54, 1.807) is 0 Å². The third-order valence-corrected chi connectivity index (χ3v) is 5.06. The molecule has 1 N–H and O–H groups in total. The van der Waals surface area contributed by atoms with Crippen molar-refractivity contribution in [1.82, 2.24) is 15.2 Å². The quantitative estimate of drug-likeness (QED) is 0.261. The molecule has 1 heterocycles. The lowest BCUT2D eigenvalue weighted by Crippen LogP contribution is -2.04. The number of nitrogens with zero attached hydrogens (tertiary/aromatic N) is 3. The van der Waals surface area contributed by atoms with Gasteiger partial charge in [0.15, 0.2) is 5.78 Å². The van der Waals surface area contributed by atoms with Crippen LogP contribution in [-0.2, 0) is 6.42 Å². The number of hydrogen-bond acceptors (Lipinski definition) is 6. The number of nitrogens with one attached hydrogen (secondary N) is 1. The highest BCUT2D eigenvalue weighted by atomic mass is 79.9. The summed E-state index contributed by atoms with van der Waals surface area (Å²) in [5, 5.41) is 18.3. The van der Waals surface area contributed by atoms with Gasteiger partial charge in [0.1, 0.15) is 5.82 Å². The summed E-state index contributed by atoms with van der Waals surface area (Å²) in [4.78, 5) is 27.1. The number of carbonyl (C=O) groups is 1. The Morgan fingerprint density at radius 2 is 2.00 bits per heavy atom. The van der Waals surface area contributed by atoms with Gasteiger partial charge in [-0.3, -0.25) is 20.0 Å². The van der Waals surface area contributed by atoms with E-state index < -0.39 is 4.92 Å². The Kier molecular flexibility index (Phi) is 5.79. The zero-order valence-electron chi connectivity index (χ0n) is 13.4. The smallest absolute Gasteiger partial charge is 0.270 e. The Balaban J connectivity index is 1.63. The Morgan fingerprint density at radius 1 is 1.23 bits per heavy atom. The van der Waals surface area contributed by atoms with E-state index in [2.05, 4.69) is 31.1 Å². The lowest BCUT2D eigenvalue weighted by molar-refractivity contribution is -0.384. The van der Waals surface area contributed by atoms with Crippen LogP contribution < -0.4 is 0 Å². The zero-order valence-corrected chi connectivity index (χ0v) is 15.8. The molecule has 0 bridgehead atoms. The van der Waals surface area contributed by atoms with Crippen LogP contribution in [0.2, 0.25) is 0 Å². The minimum atomic E-state index is -0.526. The van der Waals surface area contributed by atoms with E-state index in [4.69, 9.17) is 0 Å². The molecule has 132 valence electrons. The molecule has 0 atom stereocenters. The Labute approximate surface area is 161 Å². The minimum Gasteiger partial charge on any atom is -0.293 e.